The van der Waals surface area contributed by atoms with Gasteiger partial charge in [0.1, 0.15) is 0 Å². The molecule has 5 rings (SSSR count). The van der Waals surface area contributed by atoms with Gasteiger partial charge in [-0.3, -0.25) is 19.6 Å². The highest BCUT2D eigenvalue weighted by Crippen LogP contribution is 2.41. The Bertz CT molecular complexity index is 1730. The van der Waals surface area contributed by atoms with Gasteiger partial charge in [-0.15, -0.1) is 0 Å². The van der Waals surface area contributed by atoms with Crippen LogP contribution in [0.3, 0.4) is 0 Å². The van der Waals surface area contributed by atoms with Gasteiger partial charge in [0, 0.05) is 51.1 Å². The van der Waals surface area contributed by atoms with Crippen LogP contribution in [0.5, 0.6) is 0 Å². The molecule has 4 atom stereocenters. The molecule has 3 aliphatic heterocycles. The third kappa shape index (κ3) is 5.26. The summed E-state index contributed by atoms with van der Waals surface area (Å²) < 4.78 is 10.3. The summed E-state index contributed by atoms with van der Waals surface area (Å²) in [4.78, 5) is 53.6. The highest BCUT2D eigenvalue weighted by Gasteiger charge is 2.42. The van der Waals surface area contributed by atoms with Gasteiger partial charge < -0.3 is 19.4 Å². The van der Waals surface area contributed by atoms with E-state index < -0.39 is 6.04 Å². The van der Waals surface area contributed by atoms with E-state index in [1.54, 1.807) is 0 Å². The lowest BCUT2D eigenvalue weighted by atomic mass is 9.79. The Hall–Kier alpha value is -4.27. The van der Waals surface area contributed by atoms with Crippen LogP contribution < -0.4 is 10.7 Å². The number of rotatable bonds is 8. The first-order valence-corrected chi connectivity index (χ1v) is 15.0. The average Bonchev–Trinajstić information content (AvgIpc) is 3.68. The van der Waals surface area contributed by atoms with Crippen molar-refractivity contribution in [1.82, 2.24) is 9.97 Å². The molecule has 2 aromatic rings. The predicted octanol–water partition coefficient (Wildman–Crippen LogP) is 3.91. The van der Waals surface area contributed by atoms with Crippen LogP contribution in [0.2, 0.25) is 0 Å². The van der Waals surface area contributed by atoms with Gasteiger partial charge in [-0.05, 0) is 80.5 Å². The number of carbonyl (C=O) groups excluding carboxylic acids is 3. The SMILES string of the molecule is CCc1c(C)/c2[nH]/c1=C\C1=NC(C(C(=O)OC)=C1C)C(C)C1=N/C(=C\c3[nH]c(c(C=O)c3C)\C=2)[C@@H](C)[C@@H]1CCCOC=O. The van der Waals surface area contributed by atoms with Crippen molar-refractivity contribution in [3.8, 4) is 0 Å². The molecule has 0 amide bonds. The van der Waals surface area contributed by atoms with E-state index in [1.807, 2.05) is 32.1 Å². The molecule has 9 nitrogen and oxygen atoms in total. The van der Waals surface area contributed by atoms with Crippen molar-refractivity contribution in [1.29, 1.82) is 0 Å². The van der Waals surface area contributed by atoms with Crippen LogP contribution in [-0.4, -0.2) is 59.9 Å². The number of aldehydes is 1. The number of aliphatic imine (C=N–C) groups is 2. The summed E-state index contributed by atoms with van der Waals surface area (Å²) in [5.74, 6) is -0.469. The molecule has 2 aromatic heterocycles. The Morgan fingerprint density at radius 2 is 1.77 bits per heavy atom. The van der Waals surface area contributed by atoms with E-state index in [0.717, 1.165) is 80.6 Å². The van der Waals surface area contributed by atoms with Crippen LogP contribution in [-0.2, 0) is 25.5 Å². The van der Waals surface area contributed by atoms with Crippen molar-refractivity contribution in [3.63, 3.8) is 0 Å². The number of fused-ring (bicyclic) bond motifs is 6. The largest absolute Gasteiger partial charge is 0.468 e. The summed E-state index contributed by atoms with van der Waals surface area (Å²) >= 11 is 0. The van der Waals surface area contributed by atoms with Gasteiger partial charge in [-0.2, -0.15) is 0 Å². The lowest BCUT2D eigenvalue weighted by Crippen LogP contribution is -2.32. The van der Waals surface area contributed by atoms with Crippen molar-refractivity contribution < 1.29 is 23.9 Å². The van der Waals surface area contributed by atoms with Crippen molar-refractivity contribution >= 4 is 48.4 Å². The second kappa shape index (κ2) is 12.1. The molecule has 2 unspecified atom stereocenters. The minimum absolute atomic E-state index is 0.0568. The van der Waals surface area contributed by atoms with E-state index in [2.05, 4.69) is 37.7 Å². The summed E-state index contributed by atoms with van der Waals surface area (Å²) in [7, 11) is 1.40. The molecule has 0 fully saturated rings. The summed E-state index contributed by atoms with van der Waals surface area (Å²) in [6, 6.07) is -0.460. The first-order valence-electron chi connectivity index (χ1n) is 15.0. The molecular weight excluding hydrogens is 544 g/mol. The first kappa shape index (κ1) is 30.2. The molecule has 226 valence electrons. The van der Waals surface area contributed by atoms with Crippen molar-refractivity contribution in [2.45, 2.75) is 66.8 Å². The second-order valence-electron chi connectivity index (χ2n) is 11.7. The van der Waals surface area contributed by atoms with Gasteiger partial charge in [-0.1, -0.05) is 20.8 Å². The maximum Gasteiger partial charge on any atom is 0.336 e. The lowest BCUT2D eigenvalue weighted by Gasteiger charge is -2.25. The van der Waals surface area contributed by atoms with E-state index in [-0.39, 0.29) is 23.7 Å². The Labute approximate surface area is 251 Å². The third-order valence-corrected chi connectivity index (χ3v) is 9.41. The number of nitrogens with one attached hydrogen (secondary N) is 2. The molecule has 3 aliphatic rings. The van der Waals surface area contributed by atoms with Crippen LogP contribution in [0, 0.1) is 31.6 Å². The zero-order valence-electron chi connectivity index (χ0n) is 26.0. The van der Waals surface area contributed by atoms with E-state index in [1.165, 1.54) is 7.11 Å². The van der Waals surface area contributed by atoms with Gasteiger partial charge in [0.25, 0.3) is 6.47 Å². The Balaban J connectivity index is 1.79. The fourth-order valence-corrected chi connectivity index (χ4v) is 6.85. The van der Waals surface area contributed by atoms with E-state index in [0.29, 0.717) is 30.6 Å². The monoisotopic (exact) mass is 584 g/mol. The highest BCUT2D eigenvalue weighted by molar-refractivity contribution is 6.25. The van der Waals surface area contributed by atoms with E-state index >= 15 is 0 Å². The summed E-state index contributed by atoms with van der Waals surface area (Å²) in [5, 5.41) is 1.83. The van der Waals surface area contributed by atoms with Crippen LogP contribution >= 0.6 is 0 Å². The summed E-state index contributed by atoms with van der Waals surface area (Å²) in [6.45, 7) is 13.1. The van der Waals surface area contributed by atoms with Crippen LogP contribution in [0.25, 0.3) is 18.2 Å². The van der Waals surface area contributed by atoms with Gasteiger partial charge >= 0.3 is 5.97 Å². The fourth-order valence-electron chi connectivity index (χ4n) is 6.85. The molecule has 0 saturated carbocycles. The molecule has 43 heavy (non-hydrogen) atoms. The minimum Gasteiger partial charge on any atom is -0.468 e. The fraction of sp³-hybridized carbons (Fsp3) is 0.441. The number of esters is 1. The molecule has 0 radical (unpaired) electrons. The van der Waals surface area contributed by atoms with Crippen LogP contribution in [0.15, 0.2) is 26.8 Å². The minimum atomic E-state index is -0.460. The number of ether oxygens (including phenoxy) is 2. The van der Waals surface area contributed by atoms with Crippen molar-refractivity contribution in [2.75, 3.05) is 13.7 Å². The quantitative estimate of drug-likeness (QED) is 0.277. The number of hydrogen-bond donors (Lipinski definition) is 2. The standard InChI is InChI=1S/C34H40N4O5/c1-8-22-17(2)26-13-30-24(15-39)19(4)25(36-30)12-27-18(3)23(10-9-11-43-16-40)32(37-27)21(6)33-31(34(41)42-7)20(5)28(38-33)14-29(22)35-26/h12-16,18,21,23,33,35-36H,8-11H2,1-7H3/b26-13-,27-12-,29-14-/t18-,21?,23-,33?/m0/s1. The number of aromatic amines is 2. The number of allylic oxidation sites excluding steroid dienone is 2. The average molecular weight is 585 g/mol. The number of carbonyl (C=O) groups is 3. The topological polar surface area (TPSA) is 126 Å². The van der Waals surface area contributed by atoms with Gasteiger partial charge in [0.15, 0.2) is 6.29 Å². The zero-order valence-corrected chi connectivity index (χ0v) is 26.0. The maximum absolute atomic E-state index is 13.2. The van der Waals surface area contributed by atoms with Crippen molar-refractivity contribution in [2.24, 2.45) is 27.7 Å². The number of aromatic nitrogens is 2. The van der Waals surface area contributed by atoms with Crippen LogP contribution in [0.4, 0.5) is 0 Å². The van der Waals surface area contributed by atoms with E-state index in [4.69, 9.17) is 19.5 Å². The molecule has 5 heterocycles. The summed E-state index contributed by atoms with van der Waals surface area (Å²) in [6.07, 6.45) is 9.19. The zero-order chi connectivity index (χ0) is 31.0. The number of nitrogens with zero attached hydrogens (tertiary/aromatic N) is 2. The molecule has 8 bridgehead atoms. The third-order valence-electron chi connectivity index (χ3n) is 9.41. The maximum atomic E-state index is 13.2. The lowest BCUT2D eigenvalue weighted by molar-refractivity contribution is -0.136. The highest BCUT2D eigenvalue weighted by atomic mass is 16.5. The van der Waals surface area contributed by atoms with E-state index in [9.17, 15) is 14.4 Å². The molecule has 0 saturated heterocycles. The molecule has 2 N–H and O–H groups in total. The Morgan fingerprint density at radius 1 is 1.00 bits per heavy atom. The smallest absolute Gasteiger partial charge is 0.336 e. The Morgan fingerprint density at radius 3 is 2.44 bits per heavy atom. The summed E-state index contributed by atoms with van der Waals surface area (Å²) in [5.41, 5.74) is 9.22. The molecule has 0 aliphatic carbocycles. The van der Waals surface area contributed by atoms with Gasteiger partial charge in [0.2, 0.25) is 0 Å². The molecular formula is C34H40N4O5. The first-order chi connectivity index (χ1) is 20.6. The van der Waals surface area contributed by atoms with Crippen LogP contribution in [0.1, 0.15) is 79.0 Å². The predicted molar refractivity (Wildman–Crippen MR) is 168 cm³/mol. The molecule has 9 heteroatoms. The number of H-pyrrole nitrogens is 2. The second-order valence-corrected chi connectivity index (χ2v) is 11.7. The molecule has 0 aromatic carbocycles. The van der Waals surface area contributed by atoms with Gasteiger partial charge in [-0.25, -0.2) is 4.79 Å². The molecule has 0 spiro atoms. The Kier molecular flexibility index (Phi) is 8.53. The van der Waals surface area contributed by atoms with Gasteiger partial charge in [0.05, 0.1) is 36.7 Å². The number of hydrogen-bond acceptors (Lipinski definition) is 7. The normalized spacial score (nSPS) is 25.5. The van der Waals surface area contributed by atoms with Crippen molar-refractivity contribution in [3.05, 3.63) is 61.2 Å². The number of methoxy groups -OCH3 is 1.